The van der Waals surface area contributed by atoms with Gasteiger partial charge in [-0.3, -0.25) is 4.79 Å². The van der Waals surface area contributed by atoms with E-state index in [0.29, 0.717) is 17.4 Å². The zero-order valence-corrected chi connectivity index (χ0v) is 16.3. The van der Waals surface area contributed by atoms with Crippen LogP contribution in [0.3, 0.4) is 0 Å². The number of anilines is 2. The Labute approximate surface area is 162 Å². The third kappa shape index (κ3) is 5.10. The number of carbonyl (C=O) groups is 1. The molecule has 0 aliphatic heterocycles. The molecule has 3 aromatic rings. The SMILES string of the molecule is Cc1ccc(NC(=O)CN(C)c2nc(Cc3ccc(F)cc3)ns2)cc1C. The maximum Gasteiger partial charge on any atom is 0.243 e. The Balaban J connectivity index is 1.58. The predicted octanol–water partition coefficient (Wildman–Crippen LogP) is 3.96. The zero-order valence-electron chi connectivity index (χ0n) is 15.5. The first-order chi connectivity index (χ1) is 12.9. The quantitative estimate of drug-likeness (QED) is 0.699. The molecule has 0 aliphatic rings. The second-order valence-corrected chi connectivity index (χ2v) is 7.23. The van der Waals surface area contributed by atoms with E-state index in [1.165, 1.54) is 29.2 Å². The molecule has 0 saturated heterocycles. The summed E-state index contributed by atoms with van der Waals surface area (Å²) in [4.78, 5) is 18.5. The number of hydrogen-bond acceptors (Lipinski definition) is 5. The van der Waals surface area contributed by atoms with Crippen LogP contribution in [0.1, 0.15) is 22.5 Å². The monoisotopic (exact) mass is 384 g/mol. The van der Waals surface area contributed by atoms with E-state index in [-0.39, 0.29) is 18.3 Å². The number of nitrogens with zero attached hydrogens (tertiary/aromatic N) is 3. The zero-order chi connectivity index (χ0) is 19.4. The summed E-state index contributed by atoms with van der Waals surface area (Å²) in [5.74, 6) is 0.277. The van der Waals surface area contributed by atoms with Crippen molar-refractivity contribution in [2.75, 3.05) is 23.8 Å². The molecule has 0 bridgehead atoms. The summed E-state index contributed by atoms with van der Waals surface area (Å²) < 4.78 is 17.3. The van der Waals surface area contributed by atoms with Crippen molar-refractivity contribution in [2.45, 2.75) is 20.3 Å². The van der Waals surface area contributed by atoms with Gasteiger partial charge in [0.2, 0.25) is 11.0 Å². The van der Waals surface area contributed by atoms with Gasteiger partial charge in [-0.05, 0) is 54.8 Å². The summed E-state index contributed by atoms with van der Waals surface area (Å²) >= 11 is 1.24. The van der Waals surface area contributed by atoms with E-state index in [1.54, 1.807) is 17.0 Å². The van der Waals surface area contributed by atoms with E-state index < -0.39 is 0 Å². The average Bonchev–Trinajstić information content (AvgIpc) is 3.09. The van der Waals surface area contributed by atoms with E-state index in [2.05, 4.69) is 14.7 Å². The predicted molar refractivity (Wildman–Crippen MR) is 107 cm³/mol. The molecule has 27 heavy (non-hydrogen) atoms. The number of hydrogen-bond donors (Lipinski definition) is 1. The minimum Gasteiger partial charge on any atom is -0.341 e. The Morgan fingerprint density at radius 3 is 2.59 bits per heavy atom. The van der Waals surface area contributed by atoms with Gasteiger partial charge in [0.1, 0.15) is 11.6 Å². The van der Waals surface area contributed by atoms with Crippen molar-refractivity contribution in [1.29, 1.82) is 0 Å². The Bertz CT molecular complexity index is 939. The van der Waals surface area contributed by atoms with Gasteiger partial charge >= 0.3 is 0 Å². The maximum absolute atomic E-state index is 13.0. The van der Waals surface area contributed by atoms with E-state index in [1.807, 2.05) is 39.1 Å². The number of nitrogens with one attached hydrogen (secondary N) is 1. The standard InChI is InChI=1S/C20H21FN4OS/c1-13-4-9-17(10-14(13)2)22-19(26)12-25(3)20-23-18(24-27-20)11-15-5-7-16(21)8-6-15/h4-10H,11-12H2,1-3H3,(H,22,26). The lowest BCUT2D eigenvalue weighted by molar-refractivity contribution is -0.114. The molecule has 0 aliphatic carbocycles. The van der Waals surface area contributed by atoms with Gasteiger partial charge in [-0.15, -0.1) is 0 Å². The molecule has 140 valence electrons. The molecule has 2 aromatic carbocycles. The first kappa shape index (κ1) is 19.0. The van der Waals surface area contributed by atoms with Crippen LogP contribution in [0.4, 0.5) is 15.2 Å². The molecular weight excluding hydrogens is 363 g/mol. The highest BCUT2D eigenvalue weighted by atomic mass is 32.1. The molecule has 0 atom stereocenters. The normalized spacial score (nSPS) is 10.7. The summed E-state index contributed by atoms with van der Waals surface area (Å²) in [5, 5.41) is 3.57. The van der Waals surface area contributed by atoms with Gasteiger partial charge in [0, 0.05) is 30.7 Å². The first-order valence-corrected chi connectivity index (χ1v) is 9.33. The summed E-state index contributed by atoms with van der Waals surface area (Å²) in [6, 6.07) is 12.1. The highest BCUT2D eigenvalue weighted by Gasteiger charge is 2.13. The molecule has 1 heterocycles. The van der Waals surface area contributed by atoms with Crippen molar-refractivity contribution < 1.29 is 9.18 Å². The molecule has 0 fully saturated rings. The number of aromatic nitrogens is 2. The fourth-order valence-electron chi connectivity index (χ4n) is 2.56. The fraction of sp³-hybridized carbons (Fsp3) is 0.250. The van der Waals surface area contributed by atoms with Crippen molar-refractivity contribution in [3.8, 4) is 0 Å². The van der Waals surface area contributed by atoms with Gasteiger partial charge in [-0.25, -0.2) is 9.37 Å². The molecule has 5 nitrogen and oxygen atoms in total. The third-order valence-corrected chi connectivity index (χ3v) is 5.10. The van der Waals surface area contributed by atoms with Crippen molar-refractivity contribution in [3.05, 3.63) is 70.8 Å². The van der Waals surface area contributed by atoms with Gasteiger partial charge in [-0.2, -0.15) is 4.37 Å². The van der Waals surface area contributed by atoms with E-state index in [0.717, 1.165) is 16.8 Å². The second-order valence-electron chi connectivity index (χ2n) is 6.50. The lowest BCUT2D eigenvalue weighted by Gasteiger charge is -2.15. The first-order valence-electron chi connectivity index (χ1n) is 8.56. The summed E-state index contributed by atoms with van der Waals surface area (Å²) in [5.41, 5.74) is 4.05. The minimum absolute atomic E-state index is 0.115. The number of rotatable bonds is 6. The van der Waals surface area contributed by atoms with E-state index in [4.69, 9.17) is 0 Å². The van der Waals surface area contributed by atoms with Gasteiger partial charge in [0.25, 0.3) is 0 Å². The van der Waals surface area contributed by atoms with Gasteiger partial charge in [0.05, 0.1) is 6.54 Å². The Morgan fingerprint density at radius 2 is 1.89 bits per heavy atom. The number of likely N-dealkylation sites (N-methyl/N-ethyl adjacent to an activating group) is 1. The van der Waals surface area contributed by atoms with Gasteiger partial charge in [0.15, 0.2) is 0 Å². The molecule has 3 rings (SSSR count). The highest BCUT2D eigenvalue weighted by molar-refractivity contribution is 7.09. The molecule has 0 radical (unpaired) electrons. The van der Waals surface area contributed by atoms with Crippen molar-refractivity contribution in [2.24, 2.45) is 0 Å². The molecule has 0 saturated carbocycles. The van der Waals surface area contributed by atoms with E-state index >= 15 is 0 Å². The van der Waals surface area contributed by atoms with Crippen molar-refractivity contribution in [3.63, 3.8) is 0 Å². The van der Waals surface area contributed by atoms with Crippen LogP contribution in [-0.4, -0.2) is 28.9 Å². The minimum atomic E-state index is -0.264. The fourth-order valence-corrected chi connectivity index (χ4v) is 3.20. The summed E-state index contributed by atoms with van der Waals surface area (Å²) in [6.07, 6.45) is 0.527. The van der Waals surface area contributed by atoms with Crippen LogP contribution < -0.4 is 10.2 Å². The average molecular weight is 384 g/mol. The van der Waals surface area contributed by atoms with Gasteiger partial charge in [-0.1, -0.05) is 18.2 Å². The number of halogens is 1. The van der Waals surface area contributed by atoms with Crippen LogP contribution in [0.25, 0.3) is 0 Å². The van der Waals surface area contributed by atoms with Crippen LogP contribution in [0.2, 0.25) is 0 Å². The van der Waals surface area contributed by atoms with Crippen LogP contribution in [0.5, 0.6) is 0 Å². The Hall–Kier alpha value is -2.80. The van der Waals surface area contributed by atoms with Crippen molar-refractivity contribution in [1.82, 2.24) is 9.36 Å². The van der Waals surface area contributed by atoms with E-state index in [9.17, 15) is 9.18 Å². The molecule has 0 spiro atoms. The number of benzene rings is 2. The molecular formula is C20H21FN4OS. The molecule has 7 heteroatoms. The van der Waals surface area contributed by atoms with Crippen LogP contribution in [-0.2, 0) is 11.2 Å². The third-order valence-electron chi connectivity index (χ3n) is 4.23. The number of amides is 1. The van der Waals surface area contributed by atoms with Crippen LogP contribution >= 0.6 is 11.5 Å². The summed E-state index contributed by atoms with van der Waals surface area (Å²) in [6.45, 7) is 4.23. The Kier molecular flexibility index (Phi) is 5.81. The smallest absolute Gasteiger partial charge is 0.243 e. The molecule has 1 N–H and O–H groups in total. The van der Waals surface area contributed by atoms with Crippen molar-refractivity contribution >= 4 is 28.3 Å². The largest absolute Gasteiger partial charge is 0.341 e. The molecule has 1 amide bonds. The molecule has 0 unspecified atom stereocenters. The summed E-state index contributed by atoms with van der Waals surface area (Å²) in [7, 11) is 1.81. The lowest BCUT2D eigenvalue weighted by Crippen LogP contribution is -2.30. The molecule has 1 aromatic heterocycles. The van der Waals surface area contributed by atoms with Crippen LogP contribution in [0.15, 0.2) is 42.5 Å². The lowest BCUT2D eigenvalue weighted by atomic mass is 10.1. The highest BCUT2D eigenvalue weighted by Crippen LogP contribution is 2.18. The number of aryl methyl sites for hydroxylation is 2. The van der Waals surface area contributed by atoms with Crippen LogP contribution in [0, 0.1) is 19.7 Å². The van der Waals surface area contributed by atoms with Gasteiger partial charge < -0.3 is 10.2 Å². The second kappa shape index (κ2) is 8.26. The Morgan fingerprint density at radius 1 is 1.15 bits per heavy atom. The topological polar surface area (TPSA) is 58.1 Å². The maximum atomic E-state index is 13.0. The number of carbonyl (C=O) groups excluding carboxylic acids is 1.